The van der Waals surface area contributed by atoms with Crippen LogP contribution < -0.4 is 10.8 Å². The van der Waals surface area contributed by atoms with E-state index < -0.39 is 18.3 Å². The predicted molar refractivity (Wildman–Crippen MR) is 101 cm³/mol. The molecular formula is C18H26BClN2O3. The minimum atomic E-state index is -0.526. The Hall–Kier alpha value is -1.08. The fourth-order valence-corrected chi connectivity index (χ4v) is 3.45. The van der Waals surface area contributed by atoms with E-state index in [2.05, 4.69) is 5.32 Å². The molecule has 0 aromatic heterocycles. The molecule has 1 atom stereocenters. The van der Waals surface area contributed by atoms with Crippen LogP contribution in [0, 0.1) is 0 Å². The number of hydrogen-bond acceptors (Lipinski definition) is 4. The zero-order valence-corrected chi connectivity index (χ0v) is 16.3. The summed E-state index contributed by atoms with van der Waals surface area (Å²) in [6, 6.07) is 5.73. The number of rotatable bonds is 3. The van der Waals surface area contributed by atoms with Crippen molar-refractivity contribution in [1.82, 2.24) is 10.2 Å². The van der Waals surface area contributed by atoms with Crippen molar-refractivity contribution >= 4 is 30.1 Å². The van der Waals surface area contributed by atoms with Crippen molar-refractivity contribution in [2.45, 2.75) is 51.4 Å². The lowest BCUT2D eigenvalue weighted by atomic mass is 9.78. The van der Waals surface area contributed by atoms with Crippen LogP contribution in [-0.4, -0.2) is 55.3 Å². The van der Waals surface area contributed by atoms with Crippen molar-refractivity contribution in [3.63, 3.8) is 0 Å². The molecule has 25 heavy (non-hydrogen) atoms. The number of likely N-dealkylation sites (tertiary alicyclic amines) is 1. The molecule has 136 valence electrons. The van der Waals surface area contributed by atoms with Crippen LogP contribution >= 0.6 is 11.6 Å². The standard InChI is InChI=1S/C18H26BClN2O3/c1-17(2)18(3,4)25-19(24-17)14-7-6-12(10-15(14)20)16(23)22-9-8-13(11-22)21-5/h6-7,10,13,21H,8-9,11H2,1-5H3. The maximum absolute atomic E-state index is 12.7. The fraction of sp³-hybridized carbons (Fsp3) is 0.611. The lowest BCUT2D eigenvalue weighted by Gasteiger charge is -2.32. The predicted octanol–water partition coefficient (Wildman–Crippen LogP) is 2.07. The molecule has 3 rings (SSSR count). The lowest BCUT2D eigenvalue weighted by molar-refractivity contribution is 0.00578. The molecule has 2 aliphatic rings. The third-order valence-corrected chi connectivity index (χ3v) is 5.97. The van der Waals surface area contributed by atoms with Gasteiger partial charge in [0.25, 0.3) is 5.91 Å². The van der Waals surface area contributed by atoms with Gasteiger partial charge in [-0.1, -0.05) is 17.7 Å². The van der Waals surface area contributed by atoms with E-state index >= 15 is 0 Å². The average molecular weight is 365 g/mol. The molecule has 1 amide bonds. The monoisotopic (exact) mass is 364 g/mol. The van der Waals surface area contributed by atoms with Gasteiger partial charge in [0.15, 0.2) is 0 Å². The normalized spacial score (nSPS) is 24.8. The minimum Gasteiger partial charge on any atom is -0.399 e. The van der Waals surface area contributed by atoms with Crippen molar-refractivity contribution in [2.75, 3.05) is 20.1 Å². The van der Waals surface area contributed by atoms with E-state index in [0.717, 1.165) is 25.0 Å². The van der Waals surface area contributed by atoms with Crippen LogP contribution in [0.25, 0.3) is 0 Å². The van der Waals surface area contributed by atoms with Crippen molar-refractivity contribution in [2.24, 2.45) is 0 Å². The smallest absolute Gasteiger partial charge is 0.399 e. The van der Waals surface area contributed by atoms with Crippen molar-refractivity contribution in [3.05, 3.63) is 28.8 Å². The van der Waals surface area contributed by atoms with Gasteiger partial charge in [0, 0.05) is 35.2 Å². The van der Waals surface area contributed by atoms with Gasteiger partial charge in [0.1, 0.15) is 0 Å². The second kappa shape index (κ2) is 6.58. The Kier molecular flexibility index (Phi) is 4.92. The number of amides is 1. The Morgan fingerprint density at radius 1 is 1.28 bits per heavy atom. The number of carbonyl (C=O) groups is 1. The Morgan fingerprint density at radius 2 is 1.92 bits per heavy atom. The molecule has 0 bridgehead atoms. The van der Waals surface area contributed by atoms with Gasteiger partial charge in [-0.2, -0.15) is 0 Å². The number of benzene rings is 1. The molecule has 2 aliphatic heterocycles. The molecule has 2 heterocycles. The topological polar surface area (TPSA) is 50.8 Å². The quantitative estimate of drug-likeness (QED) is 0.834. The first-order chi connectivity index (χ1) is 11.6. The first kappa shape index (κ1) is 18.7. The summed E-state index contributed by atoms with van der Waals surface area (Å²) >= 11 is 6.46. The molecule has 7 heteroatoms. The third-order valence-electron chi connectivity index (χ3n) is 5.64. The minimum absolute atomic E-state index is 0.0140. The maximum Gasteiger partial charge on any atom is 0.496 e. The molecule has 1 unspecified atom stereocenters. The molecule has 0 saturated carbocycles. The molecule has 1 aromatic carbocycles. The number of nitrogens with one attached hydrogen (secondary N) is 1. The van der Waals surface area contributed by atoms with E-state index in [4.69, 9.17) is 20.9 Å². The number of hydrogen-bond donors (Lipinski definition) is 1. The second-order valence-electron chi connectivity index (χ2n) is 7.85. The van der Waals surface area contributed by atoms with E-state index in [1.807, 2.05) is 45.7 Å². The van der Waals surface area contributed by atoms with Crippen LogP contribution in [0.1, 0.15) is 44.5 Å². The lowest BCUT2D eigenvalue weighted by Crippen LogP contribution is -2.41. The first-order valence-corrected chi connectivity index (χ1v) is 9.14. The molecule has 0 aliphatic carbocycles. The van der Waals surface area contributed by atoms with Gasteiger partial charge in [-0.25, -0.2) is 0 Å². The highest BCUT2D eigenvalue weighted by atomic mass is 35.5. The van der Waals surface area contributed by atoms with Gasteiger partial charge in [-0.05, 0) is 53.3 Å². The maximum atomic E-state index is 12.7. The van der Waals surface area contributed by atoms with E-state index in [-0.39, 0.29) is 5.91 Å². The number of halogens is 1. The highest BCUT2D eigenvalue weighted by Crippen LogP contribution is 2.37. The van der Waals surface area contributed by atoms with E-state index in [0.29, 0.717) is 16.6 Å². The summed E-state index contributed by atoms with van der Waals surface area (Å²) in [5, 5.41) is 3.71. The molecule has 2 fully saturated rings. The third kappa shape index (κ3) is 3.45. The molecular weight excluding hydrogens is 338 g/mol. The van der Waals surface area contributed by atoms with Crippen molar-refractivity contribution in [3.8, 4) is 0 Å². The molecule has 1 aromatic rings. The van der Waals surface area contributed by atoms with Crippen LogP contribution in [0.3, 0.4) is 0 Å². The largest absolute Gasteiger partial charge is 0.496 e. The Labute approximate surface area is 155 Å². The summed E-state index contributed by atoms with van der Waals surface area (Å²) in [6.45, 7) is 9.51. The zero-order valence-electron chi connectivity index (χ0n) is 15.6. The number of carbonyl (C=O) groups excluding carboxylic acids is 1. The van der Waals surface area contributed by atoms with Gasteiger partial charge < -0.3 is 19.5 Å². The highest BCUT2D eigenvalue weighted by molar-refractivity contribution is 6.65. The molecule has 0 radical (unpaired) electrons. The van der Waals surface area contributed by atoms with E-state index in [1.54, 1.807) is 12.1 Å². The molecule has 1 N–H and O–H groups in total. The van der Waals surface area contributed by atoms with Gasteiger partial charge >= 0.3 is 7.12 Å². The molecule has 0 spiro atoms. The SMILES string of the molecule is CNC1CCN(C(=O)c2ccc(B3OC(C)(C)C(C)(C)O3)c(Cl)c2)C1. The van der Waals surface area contributed by atoms with Crippen LogP contribution in [0.2, 0.25) is 5.02 Å². The van der Waals surface area contributed by atoms with Crippen molar-refractivity contribution in [1.29, 1.82) is 0 Å². The van der Waals surface area contributed by atoms with Gasteiger partial charge in [-0.15, -0.1) is 0 Å². The number of nitrogens with zero attached hydrogens (tertiary/aromatic N) is 1. The van der Waals surface area contributed by atoms with Gasteiger partial charge in [0.2, 0.25) is 0 Å². The Morgan fingerprint density at radius 3 is 2.44 bits per heavy atom. The highest BCUT2D eigenvalue weighted by Gasteiger charge is 2.52. The average Bonchev–Trinajstić information content (AvgIpc) is 3.09. The van der Waals surface area contributed by atoms with E-state index in [9.17, 15) is 4.79 Å². The number of likely N-dealkylation sites (N-methyl/N-ethyl adjacent to an activating group) is 1. The van der Waals surface area contributed by atoms with Crippen LogP contribution in [-0.2, 0) is 9.31 Å². The molecule has 2 saturated heterocycles. The Balaban J connectivity index is 1.77. The fourth-order valence-electron chi connectivity index (χ4n) is 3.18. The van der Waals surface area contributed by atoms with Gasteiger partial charge in [0.05, 0.1) is 11.2 Å². The summed E-state index contributed by atoms with van der Waals surface area (Å²) in [5.41, 5.74) is 0.508. The van der Waals surface area contributed by atoms with Crippen LogP contribution in [0.15, 0.2) is 18.2 Å². The first-order valence-electron chi connectivity index (χ1n) is 8.76. The molecule has 5 nitrogen and oxygen atoms in total. The van der Waals surface area contributed by atoms with E-state index in [1.165, 1.54) is 0 Å². The summed E-state index contributed by atoms with van der Waals surface area (Å²) in [4.78, 5) is 14.5. The summed E-state index contributed by atoms with van der Waals surface area (Å²) in [5.74, 6) is 0.0140. The summed E-state index contributed by atoms with van der Waals surface area (Å²) < 4.78 is 12.1. The van der Waals surface area contributed by atoms with Crippen LogP contribution in [0.4, 0.5) is 0 Å². The summed E-state index contributed by atoms with van der Waals surface area (Å²) in [6.07, 6.45) is 0.974. The van der Waals surface area contributed by atoms with Gasteiger partial charge in [-0.3, -0.25) is 4.79 Å². The van der Waals surface area contributed by atoms with Crippen molar-refractivity contribution < 1.29 is 14.1 Å². The summed E-state index contributed by atoms with van der Waals surface area (Å²) in [7, 11) is 1.40. The van der Waals surface area contributed by atoms with Crippen LogP contribution in [0.5, 0.6) is 0 Å². The zero-order chi connectivity index (χ0) is 18.4. The second-order valence-corrected chi connectivity index (χ2v) is 8.26. The Bertz CT molecular complexity index is 664.